The smallest absolute Gasteiger partial charge is 0.272 e. The van der Waals surface area contributed by atoms with Crippen molar-refractivity contribution in [2.24, 2.45) is 5.92 Å². The Kier molecular flexibility index (Phi) is 6.18. The minimum atomic E-state index is -0.778. The number of aromatic nitrogens is 2. The molecule has 3 aromatic rings. The molecule has 1 saturated heterocycles. The summed E-state index contributed by atoms with van der Waals surface area (Å²) < 4.78 is 12.5. The summed E-state index contributed by atoms with van der Waals surface area (Å²) in [5, 5.41) is 2.74. The molecule has 0 radical (unpaired) electrons. The fourth-order valence-corrected chi connectivity index (χ4v) is 3.53. The van der Waals surface area contributed by atoms with Gasteiger partial charge in [0.05, 0.1) is 38.1 Å². The third-order valence-electron chi connectivity index (χ3n) is 5.43. The lowest BCUT2D eigenvalue weighted by Gasteiger charge is -2.26. The number of aldehydes is 1. The SMILES string of the molecule is COc1ccc(-c2ccc3ncc(C(=O)N4CCOCC4)n3c2)cc1NC(=O)C(C)C=O. The van der Waals surface area contributed by atoms with Crippen LogP contribution in [-0.2, 0) is 14.3 Å². The zero-order valence-electron chi connectivity index (χ0n) is 17.9. The zero-order valence-corrected chi connectivity index (χ0v) is 17.9. The molecule has 0 spiro atoms. The summed E-state index contributed by atoms with van der Waals surface area (Å²) in [6.07, 6.45) is 4.01. The van der Waals surface area contributed by atoms with Gasteiger partial charge in [-0.3, -0.25) is 14.0 Å². The lowest BCUT2D eigenvalue weighted by Crippen LogP contribution is -2.41. The number of nitrogens with zero attached hydrogens (tertiary/aromatic N) is 3. The number of hydrogen-bond donors (Lipinski definition) is 1. The quantitative estimate of drug-likeness (QED) is 0.470. The molecular formula is C23H24N4O5. The first-order valence-electron chi connectivity index (χ1n) is 10.3. The molecule has 1 aliphatic rings. The molecule has 9 nitrogen and oxygen atoms in total. The highest BCUT2D eigenvalue weighted by atomic mass is 16.5. The third-order valence-corrected chi connectivity index (χ3v) is 5.43. The van der Waals surface area contributed by atoms with Crippen molar-refractivity contribution in [2.45, 2.75) is 6.92 Å². The van der Waals surface area contributed by atoms with E-state index in [0.29, 0.717) is 55.4 Å². The van der Waals surface area contributed by atoms with Crippen LogP contribution in [0.2, 0.25) is 0 Å². The van der Waals surface area contributed by atoms with Crippen LogP contribution >= 0.6 is 0 Å². The van der Waals surface area contributed by atoms with Gasteiger partial charge in [0.15, 0.2) is 0 Å². The minimum absolute atomic E-state index is 0.0940. The number of carbonyl (C=O) groups is 3. The van der Waals surface area contributed by atoms with Gasteiger partial charge in [0.2, 0.25) is 5.91 Å². The number of rotatable bonds is 6. The molecule has 2 amide bonds. The number of imidazole rings is 1. The van der Waals surface area contributed by atoms with Crippen LogP contribution in [0.4, 0.5) is 5.69 Å². The lowest BCUT2D eigenvalue weighted by molar-refractivity contribution is -0.124. The van der Waals surface area contributed by atoms with E-state index in [9.17, 15) is 14.4 Å². The molecule has 166 valence electrons. The van der Waals surface area contributed by atoms with Crippen LogP contribution in [0.1, 0.15) is 17.4 Å². The summed E-state index contributed by atoms with van der Waals surface area (Å²) in [7, 11) is 1.51. The van der Waals surface area contributed by atoms with Gasteiger partial charge >= 0.3 is 0 Å². The van der Waals surface area contributed by atoms with Crippen LogP contribution < -0.4 is 10.1 Å². The molecule has 0 saturated carbocycles. The van der Waals surface area contributed by atoms with Gasteiger partial charge in [-0.25, -0.2) is 4.98 Å². The fraction of sp³-hybridized carbons (Fsp3) is 0.304. The summed E-state index contributed by atoms with van der Waals surface area (Å²) in [4.78, 5) is 42.3. The van der Waals surface area contributed by atoms with Crippen LogP contribution in [0.25, 0.3) is 16.8 Å². The summed E-state index contributed by atoms with van der Waals surface area (Å²) in [5.41, 5.74) is 3.23. The largest absolute Gasteiger partial charge is 0.495 e. The number of amides is 2. The van der Waals surface area contributed by atoms with E-state index < -0.39 is 11.8 Å². The summed E-state index contributed by atoms with van der Waals surface area (Å²) >= 11 is 0. The Morgan fingerprint density at radius 1 is 1.19 bits per heavy atom. The molecule has 1 aromatic carbocycles. The number of carbonyl (C=O) groups excluding carboxylic acids is 3. The number of morpholine rings is 1. The van der Waals surface area contributed by atoms with E-state index in [-0.39, 0.29) is 5.91 Å². The van der Waals surface area contributed by atoms with Crippen LogP contribution in [-0.4, -0.2) is 65.8 Å². The maximum Gasteiger partial charge on any atom is 0.272 e. The predicted molar refractivity (Wildman–Crippen MR) is 118 cm³/mol. The number of hydrogen-bond acceptors (Lipinski definition) is 6. The van der Waals surface area contributed by atoms with Gasteiger partial charge in [0.25, 0.3) is 5.91 Å². The van der Waals surface area contributed by atoms with Crippen molar-refractivity contribution < 1.29 is 23.9 Å². The maximum atomic E-state index is 13.0. The molecule has 3 heterocycles. The van der Waals surface area contributed by atoms with Crippen molar-refractivity contribution >= 4 is 29.4 Å². The molecule has 9 heteroatoms. The zero-order chi connectivity index (χ0) is 22.7. The first-order chi connectivity index (χ1) is 15.5. The molecule has 1 aliphatic heterocycles. The van der Waals surface area contributed by atoms with Crippen LogP contribution in [0.3, 0.4) is 0 Å². The standard InChI is InChI=1S/C23H24N4O5/c1-15(14-28)22(29)25-18-11-16(3-5-20(18)31-2)17-4-6-21-24-12-19(27(21)13-17)23(30)26-7-9-32-10-8-26/h3-6,11-15H,7-10H2,1-2H3,(H,25,29). The van der Waals surface area contributed by atoms with Crippen LogP contribution in [0, 0.1) is 5.92 Å². The molecule has 1 fully saturated rings. The number of pyridine rings is 1. The summed E-state index contributed by atoms with van der Waals surface area (Å²) in [6, 6.07) is 9.11. The normalized spacial score (nSPS) is 14.8. The van der Waals surface area contributed by atoms with E-state index in [1.54, 1.807) is 27.6 Å². The second-order valence-corrected chi connectivity index (χ2v) is 7.52. The van der Waals surface area contributed by atoms with E-state index in [4.69, 9.17) is 9.47 Å². The average molecular weight is 436 g/mol. The fourth-order valence-electron chi connectivity index (χ4n) is 3.53. The lowest BCUT2D eigenvalue weighted by atomic mass is 10.1. The summed E-state index contributed by atoms with van der Waals surface area (Å²) in [5.74, 6) is -0.811. The van der Waals surface area contributed by atoms with Gasteiger partial charge in [-0.2, -0.15) is 0 Å². The molecule has 1 N–H and O–H groups in total. The minimum Gasteiger partial charge on any atom is -0.495 e. The topological polar surface area (TPSA) is 102 Å². The van der Waals surface area contributed by atoms with Crippen molar-refractivity contribution in [1.82, 2.24) is 14.3 Å². The number of anilines is 1. The van der Waals surface area contributed by atoms with Gasteiger partial charge in [-0.15, -0.1) is 0 Å². The van der Waals surface area contributed by atoms with Crippen molar-refractivity contribution in [3.63, 3.8) is 0 Å². The maximum absolute atomic E-state index is 13.0. The molecule has 0 aliphatic carbocycles. The van der Waals surface area contributed by atoms with Gasteiger partial charge in [0, 0.05) is 19.3 Å². The van der Waals surface area contributed by atoms with Gasteiger partial charge in [0.1, 0.15) is 23.4 Å². The number of benzene rings is 1. The number of fused-ring (bicyclic) bond motifs is 1. The molecule has 32 heavy (non-hydrogen) atoms. The van der Waals surface area contributed by atoms with Crippen molar-refractivity contribution in [3.8, 4) is 16.9 Å². The highest BCUT2D eigenvalue weighted by Crippen LogP contribution is 2.31. The molecule has 1 atom stereocenters. The first kappa shape index (κ1) is 21.5. The second kappa shape index (κ2) is 9.19. The molecule has 0 bridgehead atoms. The Bertz CT molecular complexity index is 1170. The first-order valence-corrected chi connectivity index (χ1v) is 10.3. The van der Waals surface area contributed by atoms with E-state index in [2.05, 4.69) is 10.3 Å². The molecular weight excluding hydrogens is 412 g/mol. The number of ether oxygens (including phenoxy) is 2. The molecule has 4 rings (SSSR count). The van der Waals surface area contributed by atoms with E-state index >= 15 is 0 Å². The molecule has 2 aromatic heterocycles. The Morgan fingerprint density at radius 2 is 1.94 bits per heavy atom. The second-order valence-electron chi connectivity index (χ2n) is 7.52. The van der Waals surface area contributed by atoms with E-state index in [1.807, 2.05) is 24.4 Å². The molecule has 1 unspecified atom stereocenters. The van der Waals surface area contributed by atoms with Gasteiger partial charge < -0.3 is 24.5 Å². The highest BCUT2D eigenvalue weighted by molar-refractivity contribution is 6.01. The van der Waals surface area contributed by atoms with Crippen molar-refractivity contribution in [1.29, 1.82) is 0 Å². The Balaban J connectivity index is 1.68. The number of methoxy groups -OCH3 is 1. The van der Waals surface area contributed by atoms with Crippen molar-refractivity contribution in [3.05, 3.63) is 48.4 Å². The summed E-state index contributed by atoms with van der Waals surface area (Å²) in [6.45, 7) is 3.67. The highest BCUT2D eigenvalue weighted by Gasteiger charge is 2.22. The van der Waals surface area contributed by atoms with Gasteiger partial charge in [-0.05, 0) is 42.3 Å². The van der Waals surface area contributed by atoms with Gasteiger partial charge in [-0.1, -0.05) is 6.07 Å². The monoisotopic (exact) mass is 436 g/mol. The third kappa shape index (κ3) is 4.19. The average Bonchev–Trinajstić information content (AvgIpc) is 3.26. The van der Waals surface area contributed by atoms with E-state index in [0.717, 1.165) is 11.1 Å². The Hall–Kier alpha value is -3.72. The van der Waals surface area contributed by atoms with Crippen LogP contribution in [0.15, 0.2) is 42.7 Å². The Morgan fingerprint density at radius 3 is 2.66 bits per heavy atom. The number of nitrogens with one attached hydrogen (secondary N) is 1. The van der Waals surface area contributed by atoms with Crippen LogP contribution in [0.5, 0.6) is 5.75 Å². The van der Waals surface area contributed by atoms with E-state index in [1.165, 1.54) is 14.0 Å². The predicted octanol–water partition coefficient (Wildman–Crippen LogP) is 2.26. The Labute approximate surface area is 184 Å². The van der Waals surface area contributed by atoms with Crippen molar-refractivity contribution in [2.75, 3.05) is 38.7 Å².